The van der Waals surface area contributed by atoms with Gasteiger partial charge in [-0.2, -0.15) is 0 Å². The topological polar surface area (TPSA) is 73.7 Å². The van der Waals surface area contributed by atoms with Crippen LogP contribution in [-0.2, 0) is 4.79 Å². The van der Waals surface area contributed by atoms with Gasteiger partial charge in [0.05, 0.1) is 11.0 Å². The standard InChI is InChI=1S/C15H21N3O3/c1-4-15(14(20)21)7-8-18(10-15)12-6-5-11(9-16-12)13(19)17(2)3/h5-6,9H,4,7-8,10H2,1-3H3,(H,20,21). The predicted molar refractivity (Wildman–Crippen MR) is 79.4 cm³/mol. The lowest BCUT2D eigenvalue weighted by Gasteiger charge is -2.23. The van der Waals surface area contributed by atoms with E-state index >= 15 is 0 Å². The van der Waals surface area contributed by atoms with Crippen molar-refractivity contribution in [2.75, 3.05) is 32.1 Å². The lowest BCUT2D eigenvalue weighted by atomic mass is 9.84. The first-order chi connectivity index (χ1) is 9.89. The van der Waals surface area contributed by atoms with Crippen molar-refractivity contribution in [2.45, 2.75) is 19.8 Å². The molecule has 6 nitrogen and oxygen atoms in total. The second-order valence-corrected chi connectivity index (χ2v) is 5.72. The highest BCUT2D eigenvalue weighted by Crippen LogP contribution is 2.36. The van der Waals surface area contributed by atoms with Crippen molar-refractivity contribution >= 4 is 17.7 Å². The van der Waals surface area contributed by atoms with Gasteiger partial charge in [-0.25, -0.2) is 4.98 Å². The van der Waals surface area contributed by atoms with Crippen molar-refractivity contribution < 1.29 is 14.7 Å². The van der Waals surface area contributed by atoms with Gasteiger partial charge in [-0.05, 0) is 25.0 Å². The third-order valence-corrected chi connectivity index (χ3v) is 4.21. The highest BCUT2D eigenvalue weighted by molar-refractivity contribution is 5.93. The number of aliphatic carboxylic acids is 1. The lowest BCUT2D eigenvalue weighted by molar-refractivity contribution is -0.147. The van der Waals surface area contributed by atoms with Crippen LogP contribution in [0, 0.1) is 5.41 Å². The molecule has 1 aliphatic rings. The number of pyridine rings is 1. The number of hydrogen-bond donors (Lipinski definition) is 1. The molecule has 114 valence electrons. The molecule has 0 aromatic carbocycles. The number of anilines is 1. The zero-order valence-electron chi connectivity index (χ0n) is 12.7. The molecule has 1 aliphatic heterocycles. The first kappa shape index (κ1) is 15.3. The summed E-state index contributed by atoms with van der Waals surface area (Å²) in [6.07, 6.45) is 2.78. The zero-order valence-corrected chi connectivity index (χ0v) is 12.7. The molecule has 1 N–H and O–H groups in total. The summed E-state index contributed by atoms with van der Waals surface area (Å²) in [6.45, 7) is 3.05. The summed E-state index contributed by atoms with van der Waals surface area (Å²) < 4.78 is 0. The highest BCUT2D eigenvalue weighted by Gasteiger charge is 2.43. The lowest BCUT2D eigenvalue weighted by Crippen LogP contribution is -2.34. The Morgan fingerprint density at radius 2 is 2.14 bits per heavy atom. The predicted octanol–water partition coefficient (Wildman–Crippen LogP) is 1.47. The van der Waals surface area contributed by atoms with Crippen LogP contribution >= 0.6 is 0 Å². The number of amides is 1. The number of nitrogens with zero attached hydrogens (tertiary/aromatic N) is 3. The number of carboxylic acid groups (broad SMARTS) is 1. The smallest absolute Gasteiger partial charge is 0.311 e. The molecule has 1 atom stereocenters. The summed E-state index contributed by atoms with van der Waals surface area (Å²) in [4.78, 5) is 31.0. The highest BCUT2D eigenvalue weighted by atomic mass is 16.4. The largest absolute Gasteiger partial charge is 0.481 e. The summed E-state index contributed by atoms with van der Waals surface area (Å²) >= 11 is 0. The molecule has 0 saturated carbocycles. The fraction of sp³-hybridized carbons (Fsp3) is 0.533. The molecule has 2 heterocycles. The average Bonchev–Trinajstić information content (AvgIpc) is 2.92. The van der Waals surface area contributed by atoms with Crippen LogP contribution in [0.2, 0.25) is 0 Å². The van der Waals surface area contributed by atoms with Gasteiger partial charge in [0.25, 0.3) is 5.91 Å². The summed E-state index contributed by atoms with van der Waals surface area (Å²) in [6, 6.07) is 3.52. The Hall–Kier alpha value is -2.11. The Balaban J connectivity index is 2.14. The average molecular weight is 291 g/mol. The molecule has 1 fully saturated rings. The SMILES string of the molecule is CCC1(C(=O)O)CCN(c2ccc(C(=O)N(C)C)cn2)C1. The number of hydrogen-bond acceptors (Lipinski definition) is 4. The van der Waals surface area contributed by atoms with E-state index in [1.165, 1.54) is 4.90 Å². The van der Waals surface area contributed by atoms with Crippen LogP contribution in [0.4, 0.5) is 5.82 Å². The van der Waals surface area contributed by atoms with Gasteiger partial charge in [-0.1, -0.05) is 6.92 Å². The molecule has 1 saturated heterocycles. The van der Waals surface area contributed by atoms with Gasteiger partial charge in [0, 0.05) is 33.4 Å². The van der Waals surface area contributed by atoms with Crippen LogP contribution in [0.1, 0.15) is 30.1 Å². The van der Waals surface area contributed by atoms with E-state index in [0.717, 1.165) is 5.82 Å². The molecule has 21 heavy (non-hydrogen) atoms. The summed E-state index contributed by atoms with van der Waals surface area (Å²) in [5, 5.41) is 9.41. The zero-order chi connectivity index (χ0) is 15.6. The van der Waals surface area contributed by atoms with E-state index in [-0.39, 0.29) is 5.91 Å². The number of aromatic nitrogens is 1. The third kappa shape index (κ3) is 2.84. The van der Waals surface area contributed by atoms with Crippen molar-refractivity contribution in [3.63, 3.8) is 0 Å². The van der Waals surface area contributed by atoms with Gasteiger partial charge in [-0.15, -0.1) is 0 Å². The van der Waals surface area contributed by atoms with Gasteiger partial charge in [0.15, 0.2) is 0 Å². The Labute approximate surface area is 124 Å². The van der Waals surface area contributed by atoms with Crippen LogP contribution in [-0.4, -0.2) is 54.1 Å². The van der Waals surface area contributed by atoms with Crippen molar-refractivity contribution in [3.05, 3.63) is 23.9 Å². The Morgan fingerprint density at radius 1 is 1.43 bits per heavy atom. The van der Waals surface area contributed by atoms with Gasteiger partial charge in [0.2, 0.25) is 0 Å². The number of carboxylic acids is 1. The van der Waals surface area contributed by atoms with Crippen LogP contribution in [0.3, 0.4) is 0 Å². The number of rotatable bonds is 4. The molecule has 0 spiro atoms. The van der Waals surface area contributed by atoms with E-state index in [9.17, 15) is 14.7 Å². The van der Waals surface area contributed by atoms with Crippen LogP contribution in [0.15, 0.2) is 18.3 Å². The molecule has 0 radical (unpaired) electrons. The molecule has 1 aromatic rings. The number of carbonyl (C=O) groups is 2. The van der Waals surface area contributed by atoms with E-state index < -0.39 is 11.4 Å². The minimum absolute atomic E-state index is 0.0936. The van der Waals surface area contributed by atoms with Crippen LogP contribution < -0.4 is 4.90 Å². The van der Waals surface area contributed by atoms with Gasteiger partial charge in [-0.3, -0.25) is 9.59 Å². The van der Waals surface area contributed by atoms with Crippen LogP contribution in [0.25, 0.3) is 0 Å². The van der Waals surface area contributed by atoms with E-state index in [2.05, 4.69) is 4.98 Å². The minimum Gasteiger partial charge on any atom is -0.481 e. The molecule has 6 heteroatoms. The maximum Gasteiger partial charge on any atom is 0.311 e. The first-order valence-electron chi connectivity index (χ1n) is 7.05. The number of carbonyl (C=O) groups excluding carboxylic acids is 1. The molecule has 1 amide bonds. The summed E-state index contributed by atoms with van der Waals surface area (Å²) in [5.41, 5.74) is -0.150. The second kappa shape index (κ2) is 5.71. The van der Waals surface area contributed by atoms with Gasteiger partial charge in [0.1, 0.15) is 5.82 Å². The molecule has 2 rings (SSSR count). The van der Waals surface area contributed by atoms with E-state index in [4.69, 9.17) is 0 Å². The minimum atomic E-state index is -0.744. The maximum absolute atomic E-state index is 11.8. The molecule has 0 bridgehead atoms. The van der Waals surface area contributed by atoms with Crippen molar-refractivity contribution in [2.24, 2.45) is 5.41 Å². The normalized spacial score (nSPS) is 21.4. The Kier molecular flexibility index (Phi) is 4.16. The molecule has 0 aliphatic carbocycles. The Morgan fingerprint density at radius 3 is 2.57 bits per heavy atom. The second-order valence-electron chi connectivity index (χ2n) is 5.72. The molecule has 1 unspecified atom stereocenters. The maximum atomic E-state index is 11.8. The van der Waals surface area contributed by atoms with Crippen LogP contribution in [0.5, 0.6) is 0 Å². The van der Waals surface area contributed by atoms with E-state index in [0.29, 0.717) is 31.5 Å². The summed E-state index contributed by atoms with van der Waals surface area (Å²) in [5.74, 6) is -0.113. The van der Waals surface area contributed by atoms with Gasteiger partial charge < -0.3 is 14.9 Å². The van der Waals surface area contributed by atoms with Crippen molar-refractivity contribution in [1.82, 2.24) is 9.88 Å². The Bertz CT molecular complexity index is 542. The van der Waals surface area contributed by atoms with Crippen molar-refractivity contribution in [3.8, 4) is 0 Å². The first-order valence-corrected chi connectivity index (χ1v) is 7.05. The fourth-order valence-electron chi connectivity index (χ4n) is 2.64. The molecular formula is C15H21N3O3. The molecular weight excluding hydrogens is 270 g/mol. The monoisotopic (exact) mass is 291 g/mol. The quantitative estimate of drug-likeness (QED) is 0.909. The fourth-order valence-corrected chi connectivity index (χ4v) is 2.64. The van der Waals surface area contributed by atoms with Crippen molar-refractivity contribution in [1.29, 1.82) is 0 Å². The molecule has 1 aromatic heterocycles. The summed E-state index contributed by atoms with van der Waals surface area (Å²) in [7, 11) is 3.39. The van der Waals surface area contributed by atoms with Gasteiger partial charge >= 0.3 is 5.97 Å². The van der Waals surface area contributed by atoms with E-state index in [1.54, 1.807) is 32.4 Å². The van der Waals surface area contributed by atoms with E-state index in [1.807, 2.05) is 11.8 Å². The third-order valence-electron chi connectivity index (χ3n) is 4.21.